The molecule has 21 heavy (non-hydrogen) atoms. The summed E-state index contributed by atoms with van der Waals surface area (Å²) >= 11 is 7.17. The number of carboxylic acid groups (broad SMARTS) is 1. The minimum absolute atomic E-state index is 0.202. The van der Waals surface area contributed by atoms with Gasteiger partial charge in [-0.2, -0.15) is 0 Å². The van der Waals surface area contributed by atoms with Crippen molar-refractivity contribution in [1.82, 2.24) is 4.98 Å². The molecule has 0 bridgehead atoms. The van der Waals surface area contributed by atoms with Gasteiger partial charge in [-0.1, -0.05) is 41.6 Å². The van der Waals surface area contributed by atoms with Crippen LogP contribution >= 0.6 is 23.4 Å². The highest BCUT2D eigenvalue weighted by molar-refractivity contribution is 7.99. The van der Waals surface area contributed by atoms with E-state index in [1.165, 1.54) is 11.8 Å². The number of carbonyl (C=O) groups is 1. The first-order valence-electron chi connectivity index (χ1n) is 6.20. The molecule has 2 aromatic carbocycles. The number of aromatic carboxylic acids is 1. The van der Waals surface area contributed by atoms with Crippen LogP contribution < -0.4 is 0 Å². The molecule has 0 atom stereocenters. The van der Waals surface area contributed by atoms with E-state index in [1.54, 1.807) is 18.2 Å². The van der Waals surface area contributed by atoms with Crippen molar-refractivity contribution in [2.24, 2.45) is 0 Å². The monoisotopic (exact) mass is 315 g/mol. The highest BCUT2D eigenvalue weighted by Gasteiger charge is 2.14. The standard InChI is InChI=1S/C16H10ClNO2S/c17-11-5-7-12(8-6-11)21-15-13(16(19)20)9-10-3-1-2-4-14(10)18-15/h1-9H,(H,19,20). The van der Waals surface area contributed by atoms with Crippen LogP contribution in [0.25, 0.3) is 10.9 Å². The van der Waals surface area contributed by atoms with Crippen molar-refractivity contribution >= 4 is 40.2 Å². The Kier molecular flexibility index (Phi) is 3.82. The smallest absolute Gasteiger partial charge is 0.338 e. The second kappa shape index (κ2) is 5.76. The number of benzene rings is 2. The van der Waals surface area contributed by atoms with Crippen molar-refractivity contribution in [3.63, 3.8) is 0 Å². The summed E-state index contributed by atoms with van der Waals surface area (Å²) in [6, 6.07) is 16.3. The number of halogens is 1. The van der Waals surface area contributed by atoms with Gasteiger partial charge in [0.1, 0.15) is 5.03 Å². The van der Waals surface area contributed by atoms with E-state index in [-0.39, 0.29) is 5.56 Å². The summed E-state index contributed by atoms with van der Waals surface area (Å²) in [6.45, 7) is 0. The summed E-state index contributed by atoms with van der Waals surface area (Å²) in [4.78, 5) is 16.8. The molecular weight excluding hydrogens is 306 g/mol. The molecule has 0 aliphatic rings. The van der Waals surface area contributed by atoms with Gasteiger partial charge < -0.3 is 5.11 Å². The van der Waals surface area contributed by atoms with Crippen molar-refractivity contribution in [2.45, 2.75) is 9.92 Å². The van der Waals surface area contributed by atoms with Crippen molar-refractivity contribution in [3.8, 4) is 0 Å². The summed E-state index contributed by atoms with van der Waals surface area (Å²) in [5, 5.41) is 11.3. The van der Waals surface area contributed by atoms with Gasteiger partial charge in [-0.25, -0.2) is 9.78 Å². The van der Waals surface area contributed by atoms with Crippen LogP contribution in [0, 0.1) is 0 Å². The van der Waals surface area contributed by atoms with Gasteiger partial charge in [-0.05, 0) is 36.4 Å². The van der Waals surface area contributed by atoms with Crippen LogP contribution in [0.3, 0.4) is 0 Å². The van der Waals surface area contributed by atoms with Gasteiger partial charge in [0, 0.05) is 15.3 Å². The molecule has 3 rings (SSSR count). The topological polar surface area (TPSA) is 50.2 Å². The number of aromatic nitrogens is 1. The van der Waals surface area contributed by atoms with Crippen LogP contribution in [0.2, 0.25) is 5.02 Å². The van der Waals surface area contributed by atoms with Gasteiger partial charge in [0.05, 0.1) is 11.1 Å². The summed E-state index contributed by atoms with van der Waals surface area (Å²) in [6.07, 6.45) is 0. The molecular formula is C16H10ClNO2S. The number of hydrogen-bond donors (Lipinski definition) is 1. The molecule has 1 heterocycles. The first kappa shape index (κ1) is 13.9. The van der Waals surface area contributed by atoms with Gasteiger partial charge in [0.2, 0.25) is 0 Å². The SMILES string of the molecule is O=C(O)c1cc2ccccc2nc1Sc1ccc(Cl)cc1. The van der Waals surface area contributed by atoms with E-state index in [9.17, 15) is 9.90 Å². The van der Waals surface area contributed by atoms with Crippen LogP contribution in [0.4, 0.5) is 0 Å². The lowest BCUT2D eigenvalue weighted by molar-refractivity contribution is 0.0692. The van der Waals surface area contributed by atoms with Crippen LogP contribution in [-0.4, -0.2) is 16.1 Å². The fraction of sp³-hybridized carbons (Fsp3) is 0. The summed E-state index contributed by atoms with van der Waals surface area (Å²) in [7, 11) is 0. The molecule has 0 spiro atoms. The van der Waals surface area contributed by atoms with E-state index in [0.717, 1.165) is 15.8 Å². The minimum Gasteiger partial charge on any atom is -0.478 e. The lowest BCUT2D eigenvalue weighted by Gasteiger charge is -2.07. The molecule has 3 aromatic rings. The Morgan fingerprint density at radius 3 is 2.52 bits per heavy atom. The zero-order valence-corrected chi connectivity index (χ0v) is 12.4. The predicted molar refractivity (Wildman–Crippen MR) is 84.3 cm³/mol. The number of fused-ring (bicyclic) bond motifs is 1. The average Bonchev–Trinajstić information content (AvgIpc) is 2.48. The van der Waals surface area contributed by atoms with Crippen LogP contribution in [0.5, 0.6) is 0 Å². The Balaban J connectivity index is 2.09. The lowest BCUT2D eigenvalue weighted by atomic mass is 10.1. The molecule has 0 aliphatic carbocycles. The van der Waals surface area contributed by atoms with E-state index in [2.05, 4.69) is 4.98 Å². The second-order valence-electron chi connectivity index (χ2n) is 4.39. The molecule has 0 unspecified atom stereocenters. The number of para-hydroxylation sites is 1. The van der Waals surface area contributed by atoms with E-state index < -0.39 is 5.97 Å². The second-order valence-corrected chi connectivity index (χ2v) is 5.89. The lowest BCUT2D eigenvalue weighted by Crippen LogP contribution is -2.01. The number of hydrogen-bond acceptors (Lipinski definition) is 3. The highest BCUT2D eigenvalue weighted by Crippen LogP contribution is 2.31. The van der Waals surface area contributed by atoms with Crippen molar-refractivity contribution in [1.29, 1.82) is 0 Å². The molecule has 0 saturated heterocycles. The van der Waals surface area contributed by atoms with Gasteiger partial charge in [-0.15, -0.1) is 0 Å². The normalized spacial score (nSPS) is 10.7. The van der Waals surface area contributed by atoms with E-state index >= 15 is 0 Å². The third-order valence-corrected chi connectivity index (χ3v) is 4.21. The Morgan fingerprint density at radius 2 is 1.81 bits per heavy atom. The average molecular weight is 316 g/mol. The zero-order valence-electron chi connectivity index (χ0n) is 10.8. The molecule has 0 saturated carbocycles. The van der Waals surface area contributed by atoms with Crippen LogP contribution in [-0.2, 0) is 0 Å². The Morgan fingerprint density at radius 1 is 1.10 bits per heavy atom. The Labute approximate surface area is 130 Å². The molecule has 0 fully saturated rings. The number of rotatable bonds is 3. The van der Waals surface area contributed by atoms with Crippen molar-refractivity contribution < 1.29 is 9.90 Å². The Hall–Kier alpha value is -2.04. The molecule has 5 heteroatoms. The zero-order chi connectivity index (χ0) is 14.8. The van der Waals surface area contributed by atoms with Gasteiger partial charge in [-0.3, -0.25) is 0 Å². The first-order chi connectivity index (χ1) is 10.1. The highest BCUT2D eigenvalue weighted by atomic mass is 35.5. The number of nitrogens with zero attached hydrogens (tertiary/aromatic N) is 1. The van der Waals surface area contributed by atoms with E-state index in [0.29, 0.717) is 10.0 Å². The fourth-order valence-electron chi connectivity index (χ4n) is 1.94. The molecule has 0 aliphatic heterocycles. The molecule has 1 aromatic heterocycles. The third-order valence-electron chi connectivity index (χ3n) is 2.95. The third kappa shape index (κ3) is 3.01. The van der Waals surface area contributed by atoms with E-state index in [4.69, 9.17) is 11.6 Å². The molecule has 104 valence electrons. The van der Waals surface area contributed by atoms with Crippen molar-refractivity contribution in [2.75, 3.05) is 0 Å². The van der Waals surface area contributed by atoms with Crippen molar-refractivity contribution in [3.05, 3.63) is 65.2 Å². The van der Waals surface area contributed by atoms with Gasteiger partial charge in [0.25, 0.3) is 0 Å². The summed E-state index contributed by atoms with van der Waals surface area (Å²) < 4.78 is 0. The largest absolute Gasteiger partial charge is 0.478 e. The van der Waals surface area contributed by atoms with E-state index in [1.807, 2.05) is 36.4 Å². The maximum absolute atomic E-state index is 11.4. The molecule has 1 N–H and O–H groups in total. The summed E-state index contributed by atoms with van der Waals surface area (Å²) in [5.41, 5.74) is 0.979. The maximum atomic E-state index is 11.4. The first-order valence-corrected chi connectivity index (χ1v) is 7.39. The van der Waals surface area contributed by atoms with Crippen LogP contribution in [0.15, 0.2) is 64.5 Å². The Bertz CT molecular complexity index is 818. The predicted octanol–water partition coefficient (Wildman–Crippen LogP) is 4.74. The molecule has 0 radical (unpaired) electrons. The number of carboxylic acids is 1. The van der Waals surface area contributed by atoms with Crippen LogP contribution in [0.1, 0.15) is 10.4 Å². The minimum atomic E-state index is -0.982. The fourth-order valence-corrected chi connectivity index (χ4v) is 2.97. The van der Waals surface area contributed by atoms with Gasteiger partial charge in [0.15, 0.2) is 0 Å². The molecule has 0 amide bonds. The number of pyridine rings is 1. The molecule has 3 nitrogen and oxygen atoms in total. The maximum Gasteiger partial charge on any atom is 0.338 e. The quantitative estimate of drug-likeness (QED) is 0.758. The van der Waals surface area contributed by atoms with Gasteiger partial charge >= 0.3 is 5.97 Å². The summed E-state index contributed by atoms with van der Waals surface area (Å²) in [5.74, 6) is -0.982.